The average molecular weight is 278 g/mol. The fraction of sp³-hybridized carbons (Fsp3) is 0.500. The van der Waals surface area contributed by atoms with Crippen LogP contribution in [0.5, 0.6) is 0 Å². The van der Waals surface area contributed by atoms with Crippen LogP contribution in [0.2, 0.25) is 0 Å². The molecule has 108 valence electrons. The number of aromatic nitrogens is 4. The van der Waals surface area contributed by atoms with Crippen molar-refractivity contribution in [1.29, 1.82) is 0 Å². The van der Waals surface area contributed by atoms with E-state index in [4.69, 9.17) is 16.6 Å². The number of imidazole rings is 1. The molecular weight excluding hydrogens is 260 g/mol. The lowest BCUT2D eigenvalue weighted by atomic mass is 9.99. The molecule has 2 aromatic heterocycles. The molecule has 0 aliphatic heterocycles. The molecule has 0 amide bonds. The maximum atomic E-state index is 10.9. The summed E-state index contributed by atoms with van der Waals surface area (Å²) in [5.41, 5.74) is 12.2. The topological polar surface area (TPSA) is 144 Å². The Balaban J connectivity index is 2.04. The number of H-pyrrole nitrogens is 1. The van der Waals surface area contributed by atoms with Crippen molar-refractivity contribution in [3.05, 3.63) is 5.82 Å². The zero-order chi connectivity index (χ0) is 14.7. The van der Waals surface area contributed by atoms with E-state index in [1.807, 2.05) is 6.92 Å². The summed E-state index contributed by atoms with van der Waals surface area (Å²) in [6, 6.07) is 0. The van der Waals surface area contributed by atoms with Gasteiger partial charge in [-0.2, -0.15) is 9.97 Å². The van der Waals surface area contributed by atoms with E-state index in [-0.39, 0.29) is 17.7 Å². The fourth-order valence-electron chi connectivity index (χ4n) is 2.12. The Kier molecular flexibility index (Phi) is 4.02. The summed E-state index contributed by atoms with van der Waals surface area (Å²) in [7, 11) is 0. The molecule has 0 saturated carbocycles. The van der Waals surface area contributed by atoms with Gasteiger partial charge in [0.05, 0.1) is 5.92 Å². The predicted molar refractivity (Wildman–Crippen MR) is 74.9 cm³/mol. The van der Waals surface area contributed by atoms with Gasteiger partial charge < -0.3 is 21.6 Å². The van der Waals surface area contributed by atoms with E-state index < -0.39 is 5.97 Å². The quantitative estimate of drug-likeness (QED) is 0.615. The highest BCUT2D eigenvalue weighted by molar-refractivity contribution is 5.82. The summed E-state index contributed by atoms with van der Waals surface area (Å²) < 4.78 is 0. The maximum Gasteiger partial charge on any atom is 0.306 e. The number of hydrogen-bond acceptors (Lipinski definition) is 6. The first-order valence-electron chi connectivity index (χ1n) is 6.51. The molecule has 0 aliphatic rings. The lowest BCUT2D eigenvalue weighted by molar-refractivity contribution is -0.142. The summed E-state index contributed by atoms with van der Waals surface area (Å²) in [5, 5.41) is 8.98. The molecule has 0 saturated heterocycles. The van der Waals surface area contributed by atoms with Crippen LogP contribution in [0.3, 0.4) is 0 Å². The number of hydrogen-bond donors (Lipinski definition) is 4. The summed E-state index contributed by atoms with van der Waals surface area (Å²) in [4.78, 5) is 26.1. The highest BCUT2D eigenvalue weighted by atomic mass is 16.4. The van der Waals surface area contributed by atoms with E-state index in [9.17, 15) is 4.79 Å². The summed E-state index contributed by atoms with van der Waals surface area (Å²) in [5.74, 6) is 0.000751. The van der Waals surface area contributed by atoms with Crippen molar-refractivity contribution < 1.29 is 9.90 Å². The third-order valence-corrected chi connectivity index (χ3v) is 3.25. The number of aromatic amines is 1. The van der Waals surface area contributed by atoms with Crippen LogP contribution >= 0.6 is 0 Å². The molecule has 0 aromatic carbocycles. The number of carboxylic acid groups (broad SMARTS) is 1. The molecule has 2 aromatic rings. The number of nitrogen functional groups attached to an aromatic ring is 2. The van der Waals surface area contributed by atoms with E-state index in [0.29, 0.717) is 36.3 Å². The Bertz CT molecular complexity index is 624. The van der Waals surface area contributed by atoms with Crippen molar-refractivity contribution in [2.75, 3.05) is 11.5 Å². The molecule has 0 bridgehead atoms. The average Bonchev–Trinajstić information content (AvgIpc) is 2.77. The largest absolute Gasteiger partial charge is 0.481 e. The van der Waals surface area contributed by atoms with E-state index in [1.54, 1.807) is 0 Å². The molecule has 0 fully saturated rings. The minimum absolute atomic E-state index is 0.0992. The molecule has 2 heterocycles. The van der Waals surface area contributed by atoms with Crippen molar-refractivity contribution in [2.45, 2.75) is 32.6 Å². The van der Waals surface area contributed by atoms with Gasteiger partial charge >= 0.3 is 5.97 Å². The third kappa shape index (κ3) is 2.95. The van der Waals surface area contributed by atoms with Gasteiger partial charge in [0.2, 0.25) is 5.95 Å². The molecule has 1 unspecified atom stereocenters. The van der Waals surface area contributed by atoms with Crippen molar-refractivity contribution in [2.24, 2.45) is 5.92 Å². The Labute approximate surface area is 115 Å². The summed E-state index contributed by atoms with van der Waals surface area (Å²) in [6.45, 7) is 1.87. The number of fused-ring (bicyclic) bond motifs is 1. The summed E-state index contributed by atoms with van der Waals surface area (Å²) >= 11 is 0. The number of anilines is 2. The van der Waals surface area contributed by atoms with Crippen LogP contribution in [0.15, 0.2) is 0 Å². The standard InChI is InChI=1S/C12H18N6O2/c1-2-6(11(19)20)4-3-5-7-15-8-9(13)17-12(14)18-10(8)16-7/h6H,2-5H2,1H3,(H,19,20)(H5,13,14,15,16,17,18). The van der Waals surface area contributed by atoms with Gasteiger partial charge in [-0.05, 0) is 19.3 Å². The zero-order valence-electron chi connectivity index (χ0n) is 11.3. The van der Waals surface area contributed by atoms with Gasteiger partial charge in [0.25, 0.3) is 0 Å². The second kappa shape index (κ2) is 5.72. The van der Waals surface area contributed by atoms with Crippen LogP contribution in [0.1, 0.15) is 32.0 Å². The van der Waals surface area contributed by atoms with Crippen LogP contribution < -0.4 is 11.5 Å². The highest BCUT2D eigenvalue weighted by Gasteiger charge is 2.15. The number of rotatable bonds is 6. The molecular formula is C12H18N6O2. The SMILES string of the molecule is CCC(CCCc1nc2c(N)nc(N)nc2[nH]1)C(=O)O. The number of aliphatic carboxylic acids is 1. The number of nitrogens with zero attached hydrogens (tertiary/aromatic N) is 3. The van der Waals surface area contributed by atoms with Crippen LogP contribution in [0, 0.1) is 5.92 Å². The van der Waals surface area contributed by atoms with Gasteiger partial charge in [-0.15, -0.1) is 0 Å². The molecule has 0 radical (unpaired) electrons. The van der Waals surface area contributed by atoms with E-state index in [2.05, 4.69) is 19.9 Å². The molecule has 8 heteroatoms. The number of nitrogens with one attached hydrogen (secondary N) is 1. The first kappa shape index (κ1) is 14.0. The van der Waals surface area contributed by atoms with Gasteiger partial charge in [-0.25, -0.2) is 4.98 Å². The first-order valence-corrected chi connectivity index (χ1v) is 6.51. The lowest BCUT2D eigenvalue weighted by Crippen LogP contribution is -2.12. The van der Waals surface area contributed by atoms with Crippen molar-refractivity contribution in [3.8, 4) is 0 Å². The fourth-order valence-corrected chi connectivity index (χ4v) is 2.12. The van der Waals surface area contributed by atoms with Crippen molar-refractivity contribution >= 4 is 28.9 Å². The molecule has 6 N–H and O–H groups in total. The van der Waals surface area contributed by atoms with Gasteiger partial charge in [-0.1, -0.05) is 6.92 Å². The Morgan fingerprint density at radius 3 is 2.75 bits per heavy atom. The normalized spacial score (nSPS) is 12.7. The van der Waals surface area contributed by atoms with Crippen LogP contribution in [0.4, 0.5) is 11.8 Å². The van der Waals surface area contributed by atoms with E-state index in [1.165, 1.54) is 0 Å². The molecule has 2 rings (SSSR count). The molecule has 20 heavy (non-hydrogen) atoms. The zero-order valence-corrected chi connectivity index (χ0v) is 11.3. The van der Waals surface area contributed by atoms with Crippen LogP contribution in [0.25, 0.3) is 11.2 Å². The van der Waals surface area contributed by atoms with Crippen molar-refractivity contribution in [3.63, 3.8) is 0 Å². The number of aryl methyl sites for hydroxylation is 1. The minimum Gasteiger partial charge on any atom is -0.481 e. The van der Waals surface area contributed by atoms with Gasteiger partial charge in [-0.3, -0.25) is 4.79 Å². The molecule has 1 atom stereocenters. The van der Waals surface area contributed by atoms with Gasteiger partial charge in [0.15, 0.2) is 11.5 Å². The molecule has 8 nitrogen and oxygen atoms in total. The lowest BCUT2D eigenvalue weighted by Gasteiger charge is -2.07. The maximum absolute atomic E-state index is 10.9. The van der Waals surface area contributed by atoms with Crippen LogP contribution in [-0.2, 0) is 11.2 Å². The number of carboxylic acids is 1. The Hall–Kier alpha value is -2.38. The van der Waals surface area contributed by atoms with E-state index in [0.717, 1.165) is 6.42 Å². The van der Waals surface area contributed by atoms with Gasteiger partial charge in [0.1, 0.15) is 11.3 Å². The predicted octanol–water partition coefficient (Wildman–Crippen LogP) is 0.951. The minimum atomic E-state index is -0.750. The van der Waals surface area contributed by atoms with Crippen molar-refractivity contribution in [1.82, 2.24) is 19.9 Å². The second-order valence-corrected chi connectivity index (χ2v) is 4.68. The Morgan fingerprint density at radius 2 is 2.10 bits per heavy atom. The molecule has 0 spiro atoms. The number of nitrogens with two attached hydrogens (primary N) is 2. The second-order valence-electron chi connectivity index (χ2n) is 4.68. The monoisotopic (exact) mass is 278 g/mol. The highest BCUT2D eigenvalue weighted by Crippen LogP contribution is 2.18. The van der Waals surface area contributed by atoms with Crippen LogP contribution in [-0.4, -0.2) is 31.0 Å². The summed E-state index contributed by atoms with van der Waals surface area (Å²) in [6.07, 6.45) is 2.61. The van der Waals surface area contributed by atoms with E-state index >= 15 is 0 Å². The Morgan fingerprint density at radius 1 is 1.35 bits per heavy atom. The van der Waals surface area contributed by atoms with Gasteiger partial charge in [0, 0.05) is 6.42 Å². The number of carbonyl (C=O) groups is 1. The smallest absolute Gasteiger partial charge is 0.306 e. The molecule has 0 aliphatic carbocycles. The first-order chi connectivity index (χ1) is 9.51. The third-order valence-electron chi connectivity index (χ3n) is 3.25.